The Morgan fingerprint density at radius 2 is 2.06 bits per heavy atom. The Morgan fingerprint density at radius 3 is 2.74 bits per heavy atom. The molecule has 1 saturated heterocycles. The molecule has 0 bridgehead atoms. The van der Waals surface area contributed by atoms with Crippen molar-refractivity contribution in [1.82, 2.24) is 20.6 Å². The van der Waals surface area contributed by atoms with Crippen LogP contribution in [0.3, 0.4) is 0 Å². The minimum absolute atomic E-state index is 0.139. The molecule has 3 rings (SSSR count). The minimum Gasteiger partial charge on any atom is -0.478 e. The Morgan fingerprint density at radius 1 is 1.29 bits per heavy atom. The largest absolute Gasteiger partial charge is 0.478 e. The Labute approximate surface area is 205 Å². The molecule has 0 aliphatic carbocycles. The molecule has 34 heavy (non-hydrogen) atoms. The van der Waals surface area contributed by atoms with Crippen LogP contribution in [-0.2, 0) is 9.53 Å². The molecule has 1 unspecified atom stereocenters. The first-order valence-corrected chi connectivity index (χ1v) is 11.6. The van der Waals surface area contributed by atoms with E-state index in [-0.39, 0.29) is 18.4 Å². The molecule has 184 valence electrons. The third-order valence-corrected chi connectivity index (χ3v) is 5.73. The molecule has 1 aromatic carbocycles. The van der Waals surface area contributed by atoms with E-state index in [4.69, 9.17) is 26.1 Å². The van der Waals surface area contributed by atoms with Crippen LogP contribution >= 0.6 is 11.6 Å². The standard InChI is InChI=1S/C24H32ClN5O4/c1-15-6-7-17(10-18(15)25)21-27-12-19(33-14-20(31)26-5)22(29-21)30-9-8-16(13-30)11-28-23(32)34-24(2,3)4/h6-7,10,12,16H,8-9,11,13-14H2,1-5H3,(H,26,31)(H,28,32). The lowest BCUT2D eigenvalue weighted by Gasteiger charge is -2.22. The van der Waals surface area contributed by atoms with Gasteiger partial charge in [-0.05, 0) is 51.7 Å². The number of rotatable bonds is 7. The molecule has 0 radical (unpaired) electrons. The van der Waals surface area contributed by atoms with Gasteiger partial charge >= 0.3 is 6.09 Å². The summed E-state index contributed by atoms with van der Waals surface area (Å²) in [5.74, 6) is 1.50. The van der Waals surface area contributed by atoms with E-state index in [9.17, 15) is 9.59 Å². The Hall–Kier alpha value is -3.07. The van der Waals surface area contributed by atoms with Crippen molar-refractivity contribution >= 4 is 29.4 Å². The highest BCUT2D eigenvalue weighted by atomic mass is 35.5. The van der Waals surface area contributed by atoms with E-state index in [1.807, 2.05) is 45.9 Å². The van der Waals surface area contributed by atoms with E-state index >= 15 is 0 Å². The summed E-state index contributed by atoms with van der Waals surface area (Å²) in [4.78, 5) is 35.0. The SMILES string of the molecule is CNC(=O)COc1cnc(-c2ccc(C)c(Cl)c2)nc1N1CCC(CNC(=O)OC(C)(C)C)C1. The van der Waals surface area contributed by atoms with Crippen LogP contribution in [0.25, 0.3) is 11.4 Å². The van der Waals surface area contributed by atoms with E-state index in [1.165, 1.54) is 0 Å². The first-order chi connectivity index (χ1) is 16.1. The normalized spacial score (nSPS) is 15.7. The number of hydrogen-bond acceptors (Lipinski definition) is 7. The summed E-state index contributed by atoms with van der Waals surface area (Å²) >= 11 is 6.30. The van der Waals surface area contributed by atoms with Gasteiger partial charge in [0.1, 0.15) is 5.60 Å². The molecule has 10 heteroatoms. The highest BCUT2D eigenvalue weighted by Gasteiger charge is 2.28. The summed E-state index contributed by atoms with van der Waals surface area (Å²) in [6, 6.07) is 5.67. The topological polar surface area (TPSA) is 106 Å². The van der Waals surface area contributed by atoms with Gasteiger partial charge in [0.05, 0.1) is 6.20 Å². The van der Waals surface area contributed by atoms with Gasteiger partial charge < -0.3 is 25.0 Å². The van der Waals surface area contributed by atoms with Gasteiger partial charge in [0.15, 0.2) is 24.0 Å². The molecule has 2 N–H and O–H groups in total. The van der Waals surface area contributed by atoms with Crippen molar-refractivity contribution in [3.8, 4) is 17.1 Å². The number of benzene rings is 1. The van der Waals surface area contributed by atoms with Gasteiger partial charge in [0.25, 0.3) is 5.91 Å². The molecular weight excluding hydrogens is 458 g/mol. The van der Waals surface area contributed by atoms with Crippen molar-refractivity contribution in [2.45, 2.75) is 39.7 Å². The molecule has 0 spiro atoms. The number of alkyl carbamates (subject to hydrolysis) is 1. The Balaban J connectivity index is 1.77. The monoisotopic (exact) mass is 489 g/mol. The average molecular weight is 490 g/mol. The number of nitrogens with zero attached hydrogens (tertiary/aromatic N) is 3. The first kappa shape index (κ1) is 25.6. The van der Waals surface area contributed by atoms with Gasteiger partial charge in [-0.3, -0.25) is 4.79 Å². The van der Waals surface area contributed by atoms with Crippen molar-refractivity contribution < 1.29 is 19.1 Å². The third-order valence-electron chi connectivity index (χ3n) is 5.32. The van der Waals surface area contributed by atoms with Crippen LogP contribution in [0, 0.1) is 12.8 Å². The zero-order valence-corrected chi connectivity index (χ0v) is 21.0. The molecule has 2 amide bonds. The van der Waals surface area contributed by atoms with Gasteiger partial charge in [-0.1, -0.05) is 23.7 Å². The number of aromatic nitrogens is 2. The summed E-state index contributed by atoms with van der Waals surface area (Å²) < 4.78 is 11.1. The number of carbonyl (C=O) groups excluding carboxylic acids is 2. The third kappa shape index (κ3) is 6.96. The second-order valence-electron chi connectivity index (χ2n) is 9.29. The van der Waals surface area contributed by atoms with Crippen molar-refractivity contribution in [2.24, 2.45) is 5.92 Å². The highest BCUT2D eigenvalue weighted by Crippen LogP contribution is 2.33. The lowest BCUT2D eigenvalue weighted by molar-refractivity contribution is -0.122. The van der Waals surface area contributed by atoms with Gasteiger partial charge in [-0.25, -0.2) is 14.8 Å². The van der Waals surface area contributed by atoms with Crippen LogP contribution in [0.5, 0.6) is 5.75 Å². The molecule has 1 atom stereocenters. The summed E-state index contributed by atoms with van der Waals surface area (Å²) in [5.41, 5.74) is 1.21. The van der Waals surface area contributed by atoms with Gasteiger partial charge in [0.2, 0.25) is 0 Å². The number of nitrogens with one attached hydrogen (secondary N) is 2. The van der Waals surface area contributed by atoms with Crippen LogP contribution in [0.1, 0.15) is 32.8 Å². The predicted molar refractivity (Wildman–Crippen MR) is 131 cm³/mol. The number of aryl methyl sites for hydroxylation is 1. The minimum atomic E-state index is -0.543. The number of likely N-dealkylation sites (N-methyl/N-ethyl adjacent to an activating group) is 1. The van der Waals surface area contributed by atoms with Gasteiger partial charge in [0, 0.05) is 37.3 Å². The summed E-state index contributed by atoms with van der Waals surface area (Å²) in [6.07, 6.45) is 2.02. The number of anilines is 1. The number of carbonyl (C=O) groups is 2. The molecular formula is C24H32ClN5O4. The van der Waals surface area contributed by atoms with Crippen molar-refractivity contribution in [3.63, 3.8) is 0 Å². The van der Waals surface area contributed by atoms with Crippen LogP contribution in [0.4, 0.5) is 10.6 Å². The average Bonchev–Trinajstić information content (AvgIpc) is 3.25. The Bertz CT molecular complexity index is 1040. The molecule has 1 aromatic heterocycles. The van der Waals surface area contributed by atoms with Crippen molar-refractivity contribution in [1.29, 1.82) is 0 Å². The van der Waals surface area contributed by atoms with Crippen LogP contribution in [-0.4, -0.2) is 60.9 Å². The molecule has 1 aliphatic rings. The second kappa shape index (κ2) is 10.9. The summed E-state index contributed by atoms with van der Waals surface area (Å²) in [5, 5.41) is 6.02. The second-order valence-corrected chi connectivity index (χ2v) is 9.70. The maximum absolute atomic E-state index is 12.0. The van der Waals surface area contributed by atoms with Crippen LogP contribution in [0.15, 0.2) is 24.4 Å². The van der Waals surface area contributed by atoms with Crippen molar-refractivity contribution in [3.05, 3.63) is 35.0 Å². The van der Waals surface area contributed by atoms with E-state index in [0.29, 0.717) is 35.5 Å². The van der Waals surface area contributed by atoms with E-state index < -0.39 is 11.7 Å². The lowest BCUT2D eigenvalue weighted by atomic mass is 10.1. The quantitative estimate of drug-likeness (QED) is 0.612. The molecule has 2 aromatic rings. The fourth-order valence-corrected chi connectivity index (χ4v) is 3.69. The zero-order chi connectivity index (χ0) is 24.9. The fourth-order valence-electron chi connectivity index (χ4n) is 3.51. The lowest BCUT2D eigenvalue weighted by Crippen LogP contribution is -2.36. The summed E-state index contributed by atoms with van der Waals surface area (Å²) in [7, 11) is 1.55. The van der Waals surface area contributed by atoms with Crippen LogP contribution < -0.4 is 20.3 Å². The molecule has 9 nitrogen and oxygen atoms in total. The van der Waals surface area contributed by atoms with Gasteiger partial charge in [-0.2, -0.15) is 0 Å². The fraction of sp³-hybridized carbons (Fsp3) is 0.500. The maximum atomic E-state index is 12.0. The number of ether oxygens (including phenoxy) is 2. The highest BCUT2D eigenvalue weighted by molar-refractivity contribution is 6.31. The first-order valence-electron chi connectivity index (χ1n) is 11.2. The van der Waals surface area contributed by atoms with E-state index in [0.717, 1.165) is 24.1 Å². The van der Waals surface area contributed by atoms with Crippen molar-refractivity contribution in [2.75, 3.05) is 38.2 Å². The number of amides is 2. The number of halogens is 1. The molecule has 0 saturated carbocycles. The Kier molecular flexibility index (Phi) is 8.19. The summed E-state index contributed by atoms with van der Waals surface area (Å²) in [6.45, 7) is 9.17. The molecule has 1 aliphatic heterocycles. The molecule has 2 heterocycles. The van der Waals surface area contributed by atoms with Crippen LogP contribution in [0.2, 0.25) is 5.02 Å². The smallest absolute Gasteiger partial charge is 0.407 e. The van der Waals surface area contributed by atoms with Gasteiger partial charge in [-0.15, -0.1) is 0 Å². The zero-order valence-electron chi connectivity index (χ0n) is 20.3. The number of hydrogen-bond donors (Lipinski definition) is 2. The molecule has 1 fully saturated rings. The van der Waals surface area contributed by atoms with E-state index in [1.54, 1.807) is 13.2 Å². The predicted octanol–water partition coefficient (Wildman–Crippen LogP) is 3.58. The maximum Gasteiger partial charge on any atom is 0.407 e. The van der Waals surface area contributed by atoms with E-state index in [2.05, 4.69) is 20.5 Å².